The van der Waals surface area contributed by atoms with E-state index in [9.17, 15) is 13.6 Å². The minimum Gasteiger partial charge on any atom is -0.497 e. The molecule has 1 heterocycles. The first kappa shape index (κ1) is 20.4. The third-order valence-corrected chi connectivity index (χ3v) is 4.35. The number of halogens is 2. The predicted octanol–water partition coefficient (Wildman–Crippen LogP) is 4.17. The molecule has 0 radical (unpaired) electrons. The Labute approximate surface area is 166 Å². The number of aromatic nitrogens is 2. The largest absolute Gasteiger partial charge is 0.497 e. The molecule has 0 fully saturated rings. The summed E-state index contributed by atoms with van der Waals surface area (Å²) >= 11 is 0. The molecule has 0 spiro atoms. The van der Waals surface area contributed by atoms with Crippen molar-refractivity contribution in [2.24, 2.45) is 0 Å². The van der Waals surface area contributed by atoms with Gasteiger partial charge in [-0.05, 0) is 49.2 Å². The summed E-state index contributed by atoms with van der Waals surface area (Å²) in [5, 5.41) is 6.61. The minimum absolute atomic E-state index is 0.164. The second kappa shape index (κ2) is 9.77. The van der Waals surface area contributed by atoms with Gasteiger partial charge in [-0.15, -0.1) is 0 Å². The summed E-state index contributed by atoms with van der Waals surface area (Å²) in [6, 6.07) is 10.3. The molecular weight excluding hydrogens is 380 g/mol. The van der Waals surface area contributed by atoms with Gasteiger partial charge in [0.1, 0.15) is 17.4 Å². The SMILES string of the molecule is COc1ccc(-c2noc(CCCCCNC(=O)c3ccc(F)cc3F)n2)cc1. The maximum Gasteiger partial charge on any atom is 0.254 e. The van der Waals surface area contributed by atoms with Crippen molar-refractivity contribution >= 4 is 5.91 Å². The Balaban J connectivity index is 1.37. The van der Waals surface area contributed by atoms with Crippen LogP contribution in [0.15, 0.2) is 47.0 Å². The van der Waals surface area contributed by atoms with Crippen molar-refractivity contribution in [2.45, 2.75) is 25.7 Å². The van der Waals surface area contributed by atoms with E-state index in [0.717, 1.165) is 36.3 Å². The molecule has 0 aliphatic rings. The standard InChI is InChI=1S/C21H21F2N3O3/c1-28-16-9-6-14(7-10-16)20-25-19(29-26-20)5-3-2-4-12-24-21(27)17-11-8-15(22)13-18(17)23/h6-11,13H,2-5,12H2,1H3,(H,24,27). The molecule has 1 aromatic heterocycles. The van der Waals surface area contributed by atoms with Gasteiger partial charge in [0.05, 0.1) is 12.7 Å². The molecule has 0 aliphatic heterocycles. The number of aryl methyl sites for hydroxylation is 1. The number of benzene rings is 2. The second-order valence-electron chi connectivity index (χ2n) is 6.43. The first-order valence-electron chi connectivity index (χ1n) is 9.27. The number of hydrogen-bond donors (Lipinski definition) is 1. The van der Waals surface area contributed by atoms with Crippen molar-refractivity contribution in [1.82, 2.24) is 15.5 Å². The predicted molar refractivity (Wildman–Crippen MR) is 103 cm³/mol. The topological polar surface area (TPSA) is 77.3 Å². The summed E-state index contributed by atoms with van der Waals surface area (Å²) in [7, 11) is 1.61. The van der Waals surface area contributed by atoms with Crippen molar-refractivity contribution in [3.63, 3.8) is 0 Å². The number of unbranched alkanes of at least 4 members (excludes halogenated alkanes) is 2. The van der Waals surface area contributed by atoms with Crippen molar-refractivity contribution in [1.29, 1.82) is 0 Å². The van der Waals surface area contributed by atoms with Crippen LogP contribution in [0.2, 0.25) is 0 Å². The lowest BCUT2D eigenvalue weighted by Crippen LogP contribution is -2.25. The molecule has 152 valence electrons. The zero-order valence-electron chi connectivity index (χ0n) is 16.0. The van der Waals surface area contributed by atoms with E-state index in [2.05, 4.69) is 15.5 Å². The number of nitrogens with zero attached hydrogens (tertiary/aromatic N) is 2. The maximum absolute atomic E-state index is 13.6. The van der Waals surface area contributed by atoms with Gasteiger partial charge in [-0.2, -0.15) is 4.98 Å². The van der Waals surface area contributed by atoms with Crippen LogP contribution in [0.5, 0.6) is 5.75 Å². The van der Waals surface area contributed by atoms with E-state index >= 15 is 0 Å². The number of carbonyl (C=O) groups is 1. The average Bonchev–Trinajstić information content (AvgIpc) is 3.19. The average molecular weight is 401 g/mol. The van der Waals surface area contributed by atoms with Gasteiger partial charge in [0.15, 0.2) is 0 Å². The molecule has 0 atom stereocenters. The number of ether oxygens (including phenoxy) is 1. The Kier molecular flexibility index (Phi) is 6.89. The molecule has 0 saturated carbocycles. The van der Waals surface area contributed by atoms with Crippen LogP contribution in [0.3, 0.4) is 0 Å². The Morgan fingerprint density at radius 3 is 2.62 bits per heavy atom. The molecule has 0 unspecified atom stereocenters. The molecule has 1 N–H and O–H groups in total. The summed E-state index contributed by atoms with van der Waals surface area (Å²) in [6.45, 7) is 0.399. The summed E-state index contributed by atoms with van der Waals surface area (Å²) in [5.74, 6) is -0.304. The van der Waals surface area contributed by atoms with E-state index in [1.54, 1.807) is 7.11 Å². The van der Waals surface area contributed by atoms with E-state index < -0.39 is 17.5 Å². The zero-order valence-corrected chi connectivity index (χ0v) is 16.0. The van der Waals surface area contributed by atoms with Crippen LogP contribution in [0.1, 0.15) is 35.5 Å². The zero-order chi connectivity index (χ0) is 20.6. The molecule has 3 rings (SSSR count). The highest BCUT2D eigenvalue weighted by Gasteiger charge is 2.12. The fourth-order valence-electron chi connectivity index (χ4n) is 2.76. The quantitative estimate of drug-likeness (QED) is 0.545. The smallest absolute Gasteiger partial charge is 0.254 e. The lowest BCUT2D eigenvalue weighted by atomic mass is 10.1. The Morgan fingerprint density at radius 1 is 1.10 bits per heavy atom. The summed E-state index contributed by atoms with van der Waals surface area (Å²) in [6.07, 6.45) is 2.98. The van der Waals surface area contributed by atoms with Crippen LogP contribution < -0.4 is 10.1 Å². The minimum atomic E-state index is -0.869. The highest BCUT2D eigenvalue weighted by Crippen LogP contribution is 2.20. The van der Waals surface area contributed by atoms with Crippen molar-refractivity contribution in [2.75, 3.05) is 13.7 Å². The first-order chi connectivity index (χ1) is 14.1. The van der Waals surface area contributed by atoms with Crippen LogP contribution in [0, 0.1) is 11.6 Å². The number of nitrogens with one attached hydrogen (secondary N) is 1. The number of amides is 1. The first-order valence-corrected chi connectivity index (χ1v) is 9.27. The number of rotatable bonds is 9. The van der Waals surface area contributed by atoms with Crippen LogP contribution in [-0.4, -0.2) is 29.7 Å². The van der Waals surface area contributed by atoms with Gasteiger partial charge in [-0.25, -0.2) is 8.78 Å². The van der Waals surface area contributed by atoms with Gasteiger partial charge in [-0.3, -0.25) is 4.79 Å². The number of carbonyl (C=O) groups excluding carboxylic acids is 1. The Bertz CT molecular complexity index is 958. The van der Waals surface area contributed by atoms with Crippen LogP contribution in [-0.2, 0) is 6.42 Å². The lowest BCUT2D eigenvalue weighted by Gasteiger charge is -2.06. The summed E-state index contributed by atoms with van der Waals surface area (Å²) in [4.78, 5) is 16.3. The number of hydrogen-bond acceptors (Lipinski definition) is 5. The third-order valence-electron chi connectivity index (χ3n) is 4.35. The van der Waals surface area contributed by atoms with Gasteiger partial charge < -0.3 is 14.6 Å². The van der Waals surface area contributed by atoms with E-state index in [1.165, 1.54) is 0 Å². The van der Waals surface area contributed by atoms with Crippen LogP contribution >= 0.6 is 0 Å². The second-order valence-corrected chi connectivity index (χ2v) is 6.43. The van der Waals surface area contributed by atoms with Gasteiger partial charge in [0.2, 0.25) is 11.7 Å². The van der Waals surface area contributed by atoms with Crippen molar-refractivity contribution < 1.29 is 22.8 Å². The van der Waals surface area contributed by atoms with E-state index in [0.29, 0.717) is 37.2 Å². The van der Waals surface area contributed by atoms with Gasteiger partial charge >= 0.3 is 0 Å². The fraction of sp³-hybridized carbons (Fsp3) is 0.286. The highest BCUT2D eigenvalue weighted by molar-refractivity contribution is 5.94. The summed E-state index contributed by atoms with van der Waals surface area (Å²) in [5.41, 5.74) is 0.680. The summed E-state index contributed by atoms with van der Waals surface area (Å²) < 4.78 is 36.8. The molecule has 29 heavy (non-hydrogen) atoms. The molecule has 0 aliphatic carbocycles. The van der Waals surface area contributed by atoms with Crippen molar-refractivity contribution in [3.8, 4) is 17.1 Å². The lowest BCUT2D eigenvalue weighted by molar-refractivity contribution is 0.0949. The van der Waals surface area contributed by atoms with Crippen molar-refractivity contribution in [3.05, 3.63) is 65.6 Å². The molecule has 1 amide bonds. The molecule has 3 aromatic rings. The number of methoxy groups -OCH3 is 1. The van der Waals surface area contributed by atoms with E-state index in [-0.39, 0.29) is 5.56 Å². The molecule has 8 heteroatoms. The normalized spacial score (nSPS) is 10.7. The van der Waals surface area contributed by atoms with Gasteiger partial charge in [0.25, 0.3) is 5.91 Å². The fourth-order valence-corrected chi connectivity index (χ4v) is 2.76. The van der Waals surface area contributed by atoms with Gasteiger partial charge in [0, 0.05) is 24.6 Å². The molecule has 2 aromatic carbocycles. The third kappa shape index (κ3) is 5.60. The van der Waals surface area contributed by atoms with Crippen LogP contribution in [0.25, 0.3) is 11.4 Å². The Hall–Kier alpha value is -3.29. The van der Waals surface area contributed by atoms with Crippen LogP contribution in [0.4, 0.5) is 8.78 Å². The highest BCUT2D eigenvalue weighted by atomic mass is 19.1. The molecular formula is C21H21F2N3O3. The maximum atomic E-state index is 13.6. The van der Waals surface area contributed by atoms with E-state index in [4.69, 9.17) is 9.26 Å². The Morgan fingerprint density at radius 2 is 1.90 bits per heavy atom. The molecule has 6 nitrogen and oxygen atoms in total. The molecule has 0 saturated heterocycles. The van der Waals surface area contributed by atoms with Gasteiger partial charge in [-0.1, -0.05) is 11.6 Å². The molecule has 0 bridgehead atoms. The monoisotopic (exact) mass is 401 g/mol. The van der Waals surface area contributed by atoms with E-state index in [1.807, 2.05) is 24.3 Å².